The fourth-order valence-corrected chi connectivity index (χ4v) is 3.12. The molecule has 0 saturated carbocycles. The van der Waals surface area contributed by atoms with E-state index < -0.39 is 5.91 Å². The number of nitrogens with two attached hydrogens (primary N) is 1. The Hall–Kier alpha value is -3.28. The van der Waals surface area contributed by atoms with Crippen molar-refractivity contribution in [2.24, 2.45) is 16.0 Å². The van der Waals surface area contributed by atoms with Gasteiger partial charge in [-0.25, -0.2) is 0 Å². The van der Waals surface area contributed by atoms with Crippen molar-refractivity contribution < 1.29 is 9.59 Å². The van der Waals surface area contributed by atoms with Crippen LogP contribution in [0.5, 0.6) is 0 Å². The second-order valence-electron chi connectivity index (χ2n) is 7.23. The summed E-state index contributed by atoms with van der Waals surface area (Å²) in [5, 5.41) is 11.6. The van der Waals surface area contributed by atoms with Crippen molar-refractivity contribution in [2.75, 3.05) is 0 Å². The third-order valence-electron chi connectivity index (χ3n) is 4.39. The number of nitrogens with zero attached hydrogens (tertiary/aromatic N) is 2. The number of hydrogen-bond donors (Lipinski definition) is 2. The molecule has 27 heavy (non-hydrogen) atoms. The van der Waals surface area contributed by atoms with Gasteiger partial charge in [0.05, 0.1) is 11.4 Å². The Bertz CT molecular complexity index is 956. The number of benzene rings is 2. The summed E-state index contributed by atoms with van der Waals surface area (Å²) >= 11 is 0. The van der Waals surface area contributed by atoms with Gasteiger partial charge in [-0.05, 0) is 57.0 Å². The number of ketones is 1. The molecular weight excluding hydrogens is 340 g/mol. The summed E-state index contributed by atoms with van der Waals surface area (Å²) in [5.41, 5.74) is 9.16. The lowest BCUT2D eigenvalue weighted by Crippen LogP contribution is -2.44. The lowest BCUT2D eigenvalue weighted by molar-refractivity contribution is -0.114. The molecule has 0 aromatic heterocycles. The maximum atomic E-state index is 12.1. The van der Waals surface area contributed by atoms with E-state index in [2.05, 4.69) is 29.4 Å². The molecule has 0 fully saturated rings. The number of primary amides is 1. The molecule has 0 saturated heterocycles. The van der Waals surface area contributed by atoms with Crippen molar-refractivity contribution in [1.29, 1.82) is 0 Å². The van der Waals surface area contributed by atoms with E-state index in [1.165, 1.54) is 6.92 Å². The van der Waals surface area contributed by atoms with E-state index in [-0.39, 0.29) is 17.0 Å². The molecule has 1 aliphatic heterocycles. The minimum atomic E-state index is -0.658. The fourth-order valence-electron chi connectivity index (χ4n) is 3.12. The first-order valence-electron chi connectivity index (χ1n) is 8.70. The first kappa shape index (κ1) is 18.5. The largest absolute Gasteiger partial charge is 0.377 e. The SMILES string of the molecule is CC(=O)c1ccc(N=N/C(C(N)=O)=C2/NC(C)(C)Cc3ccccc32)cc1. The number of azo groups is 1. The summed E-state index contributed by atoms with van der Waals surface area (Å²) < 4.78 is 0. The van der Waals surface area contributed by atoms with Crippen LogP contribution in [0.1, 0.15) is 42.3 Å². The highest BCUT2D eigenvalue weighted by atomic mass is 16.1. The Balaban J connectivity index is 2.04. The lowest BCUT2D eigenvalue weighted by Gasteiger charge is -2.35. The standard InChI is InChI=1S/C21H22N4O2/c1-13(26)14-8-10-16(11-9-14)24-25-19(20(22)27)18-17-7-5-4-6-15(17)12-21(2,3)23-18/h4-11,23H,12H2,1-3H3,(H2,22,27)/b19-18+,25-24?. The van der Waals surface area contributed by atoms with E-state index in [0.29, 0.717) is 16.9 Å². The Morgan fingerprint density at radius 3 is 2.37 bits per heavy atom. The normalized spacial score (nSPS) is 17.1. The smallest absolute Gasteiger partial charge is 0.271 e. The Morgan fingerprint density at radius 1 is 1.07 bits per heavy atom. The van der Waals surface area contributed by atoms with Gasteiger partial charge in [-0.1, -0.05) is 24.3 Å². The molecule has 3 N–H and O–H groups in total. The van der Waals surface area contributed by atoms with Gasteiger partial charge in [0, 0.05) is 16.7 Å². The highest BCUT2D eigenvalue weighted by molar-refractivity contribution is 6.00. The van der Waals surface area contributed by atoms with Crippen LogP contribution in [0, 0.1) is 0 Å². The van der Waals surface area contributed by atoms with Gasteiger partial charge in [0.15, 0.2) is 11.5 Å². The summed E-state index contributed by atoms with van der Waals surface area (Å²) in [6, 6.07) is 14.6. The molecule has 6 nitrogen and oxygen atoms in total. The molecule has 1 aliphatic rings. The number of amides is 1. The predicted octanol–water partition coefficient (Wildman–Crippen LogP) is 3.75. The third kappa shape index (κ3) is 4.11. The van der Waals surface area contributed by atoms with Crippen LogP contribution < -0.4 is 11.1 Å². The van der Waals surface area contributed by atoms with E-state index in [1.807, 2.05) is 24.3 Å². The van der Waals surface area contributed by atoms with E-state index in [9.17, 15) is 9.59 Å². The van der Waals surface area contributed by atoms with Crippen LogP contribution in [0.2, 0.25) is 0 Å². The first-order valence-corrected chi connectivity index (χ1v) is 8.70. The van der Waals surface area contributed by atoms with Gasteiger partial charge in [0.2, 0.25) is 0 Å². The molecule has 0 unspecified atom stereocenters. The summed E-state index contributed by atoms with van der Waals surface area (Å²) in [6.07, 6.45) is 0.822. The van der Waals surface area contributed by atoms with Crippen molar-refractivity contribution in [3.05, 3.63) is 70.9 Å². The van der Waals surface area contributed by atoms with Gasteiger partial charge in [-0.15, -0.1) is 5.11 Å². The molecule has 0 bridgehead atoms. The van der Waals surface area contributed by atoms with Gasteiger partial charge in [-0.2, -0.15) is 5.11 Å². The van der Waals surface area contributed by atoms with E-state index in [0.717, 1.165) is 17.5 Å². The molecule has 0 radical (unpaired) electrons. The van der Waals surface area contributed by atoms with Crippen LogP contribution in [-0.4, -0.2) is 17.2 Å². The fraction of sp³-hybridized carbons (Fsp3) is 0.238. The number of rotatable bonds is 4. The zero-order valence-electron chi connectivity index (χ0n) is 15.6. The Kier molecular flexibility index (Phi) is 4.90. The van der Waals surface area contributed by atoms with Gasteiger partial charge >= 0.3 is 0 Å². The van der Waals surface area contributed by atoms with Gasteiger partial charge < -0.3 is 11.1 Å². The van der Waals surface area contributed by atoms with Crippen LogP contribution in [0.25, 0.3) is 5.70 Å². The predicted molar refractivity (Wildman–Crippen MR) is 104 cm³/mol. The summed E-state index contributed by atoms with van der Waals surface area (Å²) in [5.74, 6) is -0.683. The molecule has 0 spiro atoms. The second kappa shape index (κ2) is 7.15. The minimum Gasteiger partial charge on any atom is -0.377 e. The van der Waals surface area contributed by atoms with Gasteiger partial charge in [0.25, 0.3) is 5.91 Å². The Labute approximate surface area is 158 Å². The average molecular weight is 362 g/mol. The van der Waals surface area contributed by atoms with E-state index >= 15 is 0 Å². The zero-order chi connectivity index (χ0) is 19.6. The molecular formula is C21H22N4O2. The van der Waals surface area contributed by atoms with E-state index in [1.54, 1.807) is 24.3 Å². The molecule has 2 aromatic rings. The highest BCUT2D eigenvalue weighted by Crippen LogP contribution is 2.32. The minimum absolute atomic E-state index is 0.0244. The van der Waals surface area contributed by atoms with Crippen molar-refractivity contribution in [3.63, 3.8) is 0 Å². The zero-order valence-corrected chi connectivity index (χ0v) is 15.6. The average Bonchev–Trinajstić information content (AvgIpc) is 2.61. The van der Waals surface area contributed by atoms with Crippen LogP contribution in [0.15, 0.2) is 64.5 Å². The summed E-state index contributed by atoms with van der Waals surface area (Å²) in [4.78, 5) is 23.5. The van der Waals surface area contributed by atoms with E-state index in [4.69, 9.17) is 5.73 Å². The number of carbonyl (C=O) groups is 2. The summed E-state index contributed by atoms with van der Waals surface area (Å²) in [6.45, 7) is 5.61. The molecule has 1 heterocycles. The monoisotopic (exact) mass is 362 g/mol. The van der Waals surface area contributed by atoms with Crippen LogP contribution >= 0.6 is 0 Å². The number of Topliss-reactive ketones (excluding diaryl/α,β-unsaturated/α-hetero) is 1. The first-order chi connectivity index (χ1) is 12.8. The van der Waals surface area contributed by atoms with Crippen LogP contribution in [0.4, 0.5) is 5.69 Å². The quantitative estimate of drug-likeness (QED) is 0.492. The number of hydrogen-bond acceptors (Lipinski definition) is 5. The molecule has 6 heteroatoms. The molecule has 0 atom stereocenters. The Morgan fingerprint density at radius 2 is 1.74 bits per heavy atom. The number of nitrogens with one attached hydrogen (secondary N) is 1. The molecule has 0 aliphatic carbocycles. The van der Waals surface area contributed by atoms with Crippen molar-refractivity contribution in [2.45, 2.75) is 32.7 Å². The second-order valence-corrected chi connectivity index (χ2v) is 7.23. The van der Waals surface area contributed by atoms with Crippen molar-refractivity contribution in [3.8, 4) is 0 Å². The van der Waals surface area contributed by atoms with Gasteiger partial charge in [-0.3, -0.25) is 9.59 Å². The van der Waals surface area contributed by atoms with Crippen molar-refractivity contribution in [1.82, 2.24) is 5.32 Å². The van der Waals surface area contributed by atoms with Crippen molar-refractivity contribution >= 4 is 23.1 Å². The third-order valence-corrected chi connectivity index (χ3v) is 4.39. The van der Waals surface area contributed by atoms with Gasteiger partial charge in [0.1, 0.15) is 0 Å². The molecule has 3 rings (SSSR count). The lowest BCUT2D eigenvalue weighted by atomic mass is 9.85. The molecule has 2 aromatic carbocycles. The highest BCUT2D eigenvalue weighted by Gasteiger charge is 2.30. The number of fused-ring (bicyclic) bond motifs is 1. The molecule has 1 amide bonds. The summed E-state index contributed by atoms with van der Waals surface area (Å²) in [7, 11) is 0. The van der Waals surface area contributed by atoms with Crippen LogP contribution in [0.3, 0.4) is 0 Å². The number of carbonyl (C=O) groups excluding carboxylic acids is 2. The molecule has 138 valence electrons. The maximum Gasteiger partial charge on any atom is 0.271 e. The maximum absolute atomic E-state index is 12.1. The van der Waals surface area contributed by atoms with Crippen LogP contribution in [-0.2, 0) is 11.2 Å². The topological polar surface area (TPSA) is 96.9 Å².